The summed E-state index contributed by atoms with van der Waals surface area (Å²) in [6.07, 6.45) is 8.69. The van der Waals surface area contributed by atoms with Gasteiger partial charge in [-0.1, -0.05) is 69.3 Å². The highest BCUT2D eigenvalue weighted by Crippen LogP contribution is 2.76. The van der Waals surface area contributed by atoms with E-state index in [1.54, 1.807) is 0 Å². The van der Waals surface area contributed by atoms with Crippen LogP contribution in [-0.4, -0.2) is 47.2 Å². The fourth-order valence-electron chi connectivity index (χ4n) is 9.10. The fourth-order valence-corrected chi connectivity index (χ4v) is 9.10. The lowest BCUT2D eigenvalue weighted by atomic mass is 9.37. The van der Waals surface area contributed by atoms with Crippen molar-refractivity contribution in [1.82, 2.24) is 0 Å². The number of rotatable bonds is 7. The molecule has 2 spiro atoms. The first-order valence-electron chi connectivity index (χ1n) is 13.8. The van der Waals surface area contributed by atoms with Crippen LogP contribution in [0.2, 0.25) is 0 Å². The van der Waals surface area contributed by atoms with Crippen molar-refractivity contribution in [3.8, 4) is 0 Å². The highest BCUT2D eigenvalue weighted by Gasteiger charge is 2.86. The van der Waals surface area contributed by atoms with E-state index in [0.717, 1.165) is 44.9 Å². The van der Waals surface area contributed by atoms with Crippen LogP contribution in [0.1, 0.15) is 57.9 Å². The normalized spacial score (nSPS) is 43.9. The molecule has 0 unspecified atom stereocenters. The van der Waals surface area contributed by atoms with Gasteiger partial charge in [0.15, 0.2) is 5.78 Å². The van der Waals surface area contributed by atoms with Gasteiger partial charge in [-0.2, -0.15) is 0 Å². The van der Waals surface area contributed by atoms with Gasteiger partial charge in [0, 0.05) is 17.3 Å². The van der Waals surface area contributed by atoms with Crippen molar-refractivity contribution in [2.45, 2.75) is 76.8 Å². The Labute approximate surface area is 214 Å². The van der Waals surface area contributed by atoms with E-state index in [-0.39, 0.29) is 29.0 Å². The number of ether oxygens (including phenoxy) is 2. The second-order valence-corrected chi connectivity index (χ2v) is 12.6. The summed E-state index contributed by atoms with van der Waals surface area (Å²) in [5.74, 6) is -2.23. The molecule has 5 nitrogen and oxygen atoms in total. The topological polar surface area (TPSA) is 76.0 Å². The van der Waals surface area contributed by atoms with Gasteiger partial charge in [-0.3, -0.25) is 4.79 Å². The standard InChI is InChI=1S/C31H40O5/c1-20-22-14-15-23-29-17-10-16-28(2,3)24(29)27(34)31(36-19-29,30(23,25(20)32)26(22)33)35-18-9-5-8-13-21-11-6-4-7-12-21/h4,6-7,10-12,17,22-24,26-27,33-34H,1,5,8-9,13-16,18-19H2,2-3H3/t22-,23-,24+,26+,27-,29+,30-,31+/m0/s1. The number of Topliss-reactive ketones (excluding diaryl/α,β-unsaturated/α-hetero) is 1. The Bertz CT molecular complexity index is 1080. The van der Waals surface area contributed by atoms with Crippen LogP contribution in [-0.2, 0) is 20.7 Å². The smallest absolute Gasteiger partial charge is 0.210 e. The Hall–Kier alpha value is -1.79. The lowest BCUT2D eigenvalue weighted by molar-refractivity contribution is -0.447. The third kappa shape index (κ3) is 2.95. The van der Waals surface area contributed by atoms with Gasteiger partial charge < -0.3 is 19.7 Å². The summed E-state index contributed by atoms with van der Waals surface area (Å²) in [7, 11) is 0. The van der Waals surface area contributed by atoms with Gasteiger partial charge in [-0.05, 0) is 61.0 Å². The van der Waals surface area contributed by atoms with E-state index in [0.29, 0.717) is 18.8 Å². The molecule has 2 aliphatic heterocycles. The first-order chi connectivity index (χ1) is 17.2. The van der Waals surface area contributed by atoms with Gasteiger partial charge in [0.1, 0.15) is 11.5 Å². The number of aliphatic hydroxyl groups excluding tert-OH is 2. The number of fused-ring (bicyclic) bond motifs is 2. The summed E-state index contributed by atoms with van der Waals surface area (Å²) in [4.78, 5) is 14.1. The van der Waals surface area contributed by atoms with E-state index in [1.165, 1.54) is 5.56 Å². The predicted octanol–water partition coefficient (Wildman–Crippen LogP) is 4.62. The first-order valence-corrected chi connectivity index (χ1v) is 13.8. The van der Waals surface area contributed by atoms with Gasteiger partial charge >= 0.3 is 0 Å². The summed E-state index contributed by atoms with van der Waals surface area (Å²) in [6, 6.07) is 10.5. The number of hydrogen-bond acceptors (Lipinski definition) is 5. The van der Waals surface area contributed by atoms with Crippen molar-refractivity contribution in [3.05, 3.63) is 60.2 Å². The lowest BCUT2D eigenvalue weighted by Gasteiger charge is -2.73. The summed E-state index contributed by atoms with van der Waals surface area (Å²) < 4.78 is 13.2. The molecule has 0 amide bonds. The molecular weight excluding hydrogens is 452 g/mol. The third-order valence-electron chi connectivity index (χ3n) is 10.5. The highest BCUT2D eigenvalue weighted by atomic mass is 16.7. The minimum Gasteiger partial charge on any atom is -0.391 e. The SMILES string of the molecule is C=C1C(=O)[C@]23[C@H](O)[C@H]1CC[C@H]2[C@]12C=CCC(C)(C)[C@H]1[C@H](O)[C@@]3(OCCCCCc1ccccc1)OC2. The molecule has 1 aromatic rings. The largest absolute Gasteiger partial charge is 0.391 e. The number of allylic oxidation sites excluding steroid dienone is 1. The van der Waals surface area contributed by atoms with Gasteiger partial charge in [-0.25, -0.2) is 0 Å². The number of aliphatic hydroxyl groups is 2. The van der Waals surface area contributed by atoms with Gasteiger partial charge in [0.2, 0.25) is 5.79 Å². The van der Waals surface area contributed by atoms with Crippen molar-refractivity contribution in [1.29, 1.82) is 0 Å². The fraction of sp³-hybridized carbons (Fsp3) is 0.645. The lowest BCUT2D eigenvalue weighted by Crippen LogP contribution is -2.83. The molecule has 5 fully saturated rings. The average molecular weight is 493 g/mol. The number of hydrogen-bond donors (Lipinski definition) is 2. The molecule has 1 aromatic carbocycles. The van der Waals surface area contributed by atoms with E-state index in [2.05, 4.69) is 56.8 Å². The molecule has 2 saturated heterocycles. The van der Waals surface area contributed by atoms with Crippen LogP contribution >= 0.6 is 0 Å². The Morgan fingerprint density at radius 2 is 1.86 bits per heavy atom. The van der Waals surface area contributed by atoms with Crippen LogP contribution in [0, 0.1) is 34.0 Å². The van der Waals surface area contributed by atoms with E-state index in [1.807, 2.05) is 6.07 Å². The number of ketones is 1. The van der Waals surface area contributed by atoms with E-state index in [4.69, 9.17) is 9.47 Å². The summed E-state index contributed by atoms with van der Waals surface area (Å²) in [6.45, 7) is 9.31. The zero-order valence-electron chi connectivity index (χ0n) is 21.6. The van der Waals surface area contributed by atoms with E-state index < -0.39 is 28.8 Å². The van der Waals surface area contributed by atoms with Crippen molar-refractivity contribution >= 4 is 5.78 Å². The molecule has 6 aliphatic rings. The molecule has 0 radical (unpaired) electrons. The second-order valence-electron chi connectivity index (χ2n) is 12.6. The molecule has 36 heavy (non-hydrogen) atoms. The summed E-state index contributed by atoms with van der Waals surface area (Å²) in [5, 5.41) is 23.9. The maximum atomic E-state index is 14.1. The summed E-state index contributed by atoms with van der Waals surface area (Å²) in [5.41, 5.74) is -0.167. The van der Waals surface area contributed by atoms with Crippen molar-refractivity contribution in [3.63, 3.8) is 0 Å². The van der Waals surface area contributed by atoms with Crippen LogP contribution in [0.3, 0.4) is 0 Å². The number of carbonyl (C=O) groups excluding carboxylic acids is 1. The van der Waals surface area contributed by atoms with Crippen molar-refractivity contribution in [2.24, 2.45) is 34.0 Å². The highest BCUT2D eigenvalue weighted by molar-refractivity contribution is 6.05. The van der Waals surface area contributed by atoms with Gasteiger partial charge in [0.25, 0.3) is 0 Å². The van der Waals surface area contributed by atoms with Gasteiger partial charge in [0.05, 0.1) is 19.3 Å². The van der Waals surface area contributed by atoms with Gasteiger partial charge in [-0.15, -0.1) is 0 Å². The number of carbonyl (C=O) groups is 1. The second kappa shape index (κ2) is 8.36. The van der Waals surface area contributed by atoms with E-state index in [9.17, 15) is 15.0 Å². The molecule has 7 rings (SSSR count). The number of unbranched alkanes of at least 4 members (excludes halogenated alkanes) is 2. The molecule has 8 atom stereocenters. The molecule has 4 bridgehead atoms. The number of benzene rings is 1. The Morgan fingerprint density at radius 1 is 1.08 bits per heavy atom. The molecule has 4 aliphatic carbocycles. The maximum absolute atomic E-state index is 14.1. The minimum absolute atomic E-state index is 0.108. The molecule has 2 N–H and O–H groups in total. The van der Waals surface area contributed by atoms with Crippen molar-refractivity contribution in [2.75, 3.05) is 13.2 Å². The molecule has 3 saturated carbocycles. The first kappa shape index (κ1) is 24.5. The average Bonchev–Trinajstić information content (AvgIpc) is 2.96. The third-order valence-corrected chi connectivity index (χ3v) is 10.5. The molecule has 2 heterocycles. The van der Waals surface area contributed by atoms with Crippen LogP contribution in [0.25, 0.3) is 0 Å². The zero-order chi connectivity index (χ0) is 25.3. The molecular formula is C31H40O5. The monoisotopic (exact) mass is 492 g/mol. The molecule has 194 valence electrons. The minimum atomic E-state index is -1.54. The summed E-state index contributed by atoms with van der Waals surface area (Å²) >= 11 is 0. The molecule has 0 aromatic heterocycles. The van der Waals surface area contributed by atoms with Crippen LogP contribution in [0.15, 0.2) is 54.6 Å². The van der Waals surface area contributed by atoms with Crippen LogP contribution in [0.4, 0.5) is 0 Å². The van der Waals surface area contributed by atoms with Crippen LogP contribution in [0.5, 0.6) is 0 Å². The Morgan fingerprint density at radius 3 is 2.64 bits per heavy atom. The van der Waals surface area contributed by atoms with Crippen LogP contribution < -0.4 is 0 Å². The maximum Gasteiger partial charge on any atom is 0.210 e. The zero-order valence-corrected chi connectivity index (χ0v) is 21.6. The van der Waals surface area contributed by atoms with Crippen molar-refractivity contribution < 1.29 is 24.5 Å². The number of aryl methyl sites for hydroxylation is 1. The quantitative estimate of drug-likeness (QED) is 0.330. The molecule has 5 heteroatoms. The predicted molar refractivity (Wildman–Crippen MR) is 137 cm³/mol. The Balaban J connectivity index is 1.31. The van der Waals surface area contributed by atoms with E-state index >= 15 is 0 Å². The Kier molecular flexibility index (Phi) is 5.70.